The smallest absolute Gasteiger partial charge is 0.261 e. The summed E-state index contributed by atoms with van der Waals surface area (Å²) in [4.78, 5) is 90.3. The van der Waals surface area contributed by atoms with E-state index in [1.54, 1.807) is 45.3 Å². The van der Waals surface area contributed by atoms with E-state index in [1.807, 2.05) is 64.9 Å². The molecule has 4 unspecified atom stereocenters. The molecule has 4 amide bonds. The van der Waals surface area contributed by atoms with Crippen molar-refractivity contribution in [2.24, 2.45) is 23.7 Å². The summed E-state index contributed by atoms with van der Waals surface area (Å²) in [5.41, 5.74) is 8.55. The molecule has 4 atom stereocenters. The van der Waals surface area contributed by atoms with Crippen LogP contribution in [-0.2, 0) is 32.0 Å². The third kappa shape index (κ3) is 17.7. The van der Waals surface area contributed by atoms with Gasteiger partial charge in [-0.25, -0.2) is 0 Å². The zero-order valence-electron chi connectivity index (χ0n) is 67.9. The van der Waals surface area contributed by atoms with Gasteiger partial charge < -0.3 is 19.6 Å². The van der Waals surface area contributed by atoms with E-state index in [1.165, 1.54) is 102 Å². The van der Waals surface area contributed by atoms with Crippen LogP contribution >= 0.6 is 102 Å². The highest BCUT2D eigenvalue weighted by atomic mass is 32.1. The summed E-state index contributed by atoms with van der Waals surface area (Å²) in [6, 6.07) is 39.8. The number of hydrogen-bond donors (Lipinski definition) is 0. The van der Waals surface area contributed by atoms with Gasteiger partial charge >= 0.3 is 0 Å². The number of carbonyl (C=O) groups excluding carboxylic acids is 4. The van der Waals surface area contributed by atoms with E-state index in [2.05, 4.69) is 178 Å². The van der Waals surface area contributed by atoms with Gasteiger partial charge in [0.15, 0.2) is 0 Å². The number of nitrogens with zero attached hydrogens (tertiary/aromatic N) is 6. The van der Waals surface area contributed by atoms with Crippen LogP contribution in [0.5, 0.6) is 0 Å². The Bertz CT molecular complexity index is 4810. The quantitative estimate of drug-likeness (QED) is 0.0352. The van der Waals surface area contributed by atoms with Crippen molar-refractivity contribution in [2.75, 3.05) is 26.2 Å². The summed E-state index contributed by atoms with van der Waals surface area (Å²) in [5.74, 6) is 0.732. The van der Waals surface area contributed by atoms with Gasteiger partial charge in [-0.1, -0.05) is 197 Å². The van der Waals surface area contributed by atoms with Crippen LogP contribution in [0.25, 0.3) is 93.7 Å². The topological polar surface area (TPSA) is 107 Å². The first kappa shape index (κ1) is 83.0. The molecule has 0 bridgehead atoms. The van der Waals surface area contributed by atoms with Gasteiger partial charge in [-0.05, 0) is 172 Å². The molecule has 10 nitrogen and oxygen atoms in total. The number of aromatic nitrogens is 2. The van der Waals surface area contributed by atoms with Gasteiger partial charge in [0.05, 0.1) is 76.3 Å². The lowest BCUT2D eigenvalue weighted by atomic mass is 9.98. The van der Waals surface area contributed by atoms with Crippen molar-refractivity contribution in [3.05, 3.63) is 161 Å². The molecule has 19 heteroatoms. The molecule has 0 radical (unpaired) electrons. The van der Waals surface area contributed by atoms with Gasteiger partial charge in [-0.2, -0.15) is 8.75 Å². The fraction of sp³-hybridized carbons (Fsp3) is 0.468. The van der Waals surface area contributed by atoms with Gasteiger partial charge in [0.2, 0.25) is 0 Å². The number of amides is 4. The van der Waals surface area contributed by atoms with Crippen LogP contribution in [0.2, 0.25) is 0 Å². The Labute approximate surface area is 707 Å². The molecule has 9 aromatic heterocycles. The van der Waals surface area contributed by atoms with Crippen molar-refractivity contribution in [3.8, 4) is 59.9 Å². The van der Waals surface area contributed by atoms with E-state index in [4.69, 9.17) is 8.75 Å². The molecule has 13 heterocycles. The summed E-state index contributed by atoms with van der Waals surface area (Å²) in [7, 11) is 0. The molecule has 0 spiro atoms. The maximum absolute atomic E-state index is 16.0. The lowest BCUT2D eigenvalue weighted by molar-refractivity contribution is -0.124. The van der Waals surface area contributed by atoms with Crippen LogP contribution in [0.4, 0.5) is 0 Å². The Hall–Kier alpha value is -6.52. The Morgan fingerprint density at radius 1 is 0.265 bits per heavy atom. The third-order valence-corrected chi connectivity index (χ3v) is 33.9. The lowest BCUT2D eigenvalue weighted by Gasteiger charge is -2.29. The number of hydrogen-bond acceptors (Lipinski definition) is 15. The van der Waals surface area contributed by atoms with Gasteiger partial charge in [-0.15, -0.1) is 90.7 Å². The molecule has 1 aromatic carbocycles. The molecular formula is C94H112N6O4S9. The van der Waals surface area contributed by atoms with Crippen LogP contribution in [0.3, 0.4) is 0 Å². The Balaban J connectivity index is 0.820. The van der Waals surface area contributed by atoms with Crippen LogP contribution in [0, 0.1) is 23.7 Å². The van der Waals surface area contributed by atoms with Gasteiger partial charge in [0, 0.05) is 95.8 Å². The van der Waals surface area contributed by atoms with E-state index in [9.17, 15) is 0 Å². The van der Waals surface area contributed by atoms with Crippen LogP contribution in [0.1, 0.15) is 253 Å². The Morgan fingerprint density at radius 2 is 0.504 bits per heavy atom. The highest BCUT2D eigenvalue weighted by molar-refractivity contribution is 7.27. The predicted molar refractivity (Wildman–Crippen MR) is 489 cm³/mol. The maximum Gasteiger partial charge on any atom is 0.261 e. The Kier molecular flexibility index (Phi) is 28.4. The second-order valence-corrected chi connectivity index (χ2v) is 40.8. The molecule has 596 valence electrons. The molecule has 4 aliphatic heterocycles. The van der Waals surface area contributed by atoms with Crippen LogP contribution < -0.4 is 0 Å². The van der Waals surface area contributed by atoms with Crippen molar-refractivity contribution >= 4 is 160 Å². The molecular weight excluding hydrogens is 1570 g/mol. The molecule has 0 aliphatic carbocycles. The standard InChI is InChI=1S/C94H112N6O4S9/c1-11-21-27-29-35-63-37-41-69(105-63)71-45-47-73(109-71)75-49-53-79(111-75)89-83-81(91(101)99(89)57-61(19-9)33-25-15-5)87(97(93(83)103)55-59(17-7)31-23-13-3)77-51-43-67(107-77)65-39-40-66(86-85(65)95-113-96-86)68-44-52-78(108-68)88-82-84(94(104)98(88)56-60(18-8)32-24-14-4)90(100(92(82)102)58-62(20-10)34-26-16-6)80-54-50-76(112-80)74-48-46-72(110-74)70-42-38-64(106-70)36-30-28-22-12-2/h37-54,59-62H,11-36,55-58H2,1-10H3. The molecule has 10 aromatic rings. The van der Waals surface area contributed by atoms with Crippen LogP contribution in [0.15, 0.2) is 131 Å². The first-order chi connectivity index (χ1) is 55.3. The molecule has 113 heavy (non-hydrogen) atoms. The van der Waals surface area contributed by atoms with E-state index in [-0.39, 0.29) is 47.3 Å². The monoisotopic (exact) mass is 1680 g/mol. The number of carbonyl (C=O) groups is 4. The number of rotatable bonds is 44. The fourth-order valence-electron chi connectivity index (χ4n) is 16.8. The van der Waals surface area contributed by atoms with Gasteiger partial charge in [0.1, 0.15) is 11.0 Å². The first-order valence-corrected chi connectivity index (χ1v) is 49.8. The number of benzene rings is 1. The zero-order chi connectivity index (χ0) is 78.8. The second-order valence-electron chi connectivity index (χ2n) is 31.5. The first-order valence-electron chi connectivity index (χ1n) is 42.6. The summed E-state index contributed by atoms with van der Waals surface area (Å²) >= 11 is 15.3. The molecule has 0 fully saturated rings. The van der Waals surface area contributed by atoms with E-state index in [0.29, 0.717) is 48.5 Å². The molecule has 0 N–H and O–H groups in total. The van der Waals surface area contributed by atoms with Gasteiger partial charge in [0.25, 0.3) is 23.6 Å². The summed E-state index contributed by atoms with van der Waals surface area (Å²) < 4.78 is 10.2. The van der Waals surface area contributed by atoms with E-state index in [0.717, 1.165) is 200 Å². The average molecular weight is 1680 g/mol. The minimum atomic E-state index is -0.0798. The number of unbranched alkanes of at least 4 members (excludes halogenated alkanes) is 10. The summed E-state index contributed by atoms with van der Waals surface area (Å²) in [6.45, 7) is 24.6. The number of thiophene rings is 8. The molecule has 4 aliphatic rings. The SMILES string of the molecule is CCCCCCc1ccc(-c2ccc(-c3ccc(C4=C5C(=O)N(CC(CC)CCCC)C(c6ccc(-c7ccc(-c8ccc(C9=C%10C(=O)N(CC(CC)CCCC)C(c%11ccc(-c%12ccc(-c%13ccc(CCCCCC)s%13)s%12)s%11)=C%10C(=O)N9CC(CC)CCCC)s8)c8nsnc78)s6)=C5C(=O)N4CC(CC)CCCC)s3)s2)s1. The lowest BCUT2D eigenvalue weighted by Crippen LogP contribution is -2.34. The largest absolute Gasteiger partial charge is 0.306 e. The minimum absolute atomic E-state index is 0.0798. The Morgan fingerprint density at radius 3 is 0.779 bits per heavy atom. The van der Waals surface area contributed by atoms with E-state index < -0.39 is 0 Å². The maximum atomic E-state index is 16.0. The third-order valence-electron chi connectivity index (χ3n) is 23.7. The summed E-state index contributed by atoms with van der Waals surface area (Å²) in [5, 5.41) is 0. The number of fused-ring (bicyclic) bond motifs is 3. The second kappa shape index (κ2) is 38.7. The van der Waals surface area contributed by atoms with Crippen molar-refractivity contribution < 1.29 is 19.2 Å². The zero-order valence-corrected chi connectivity index (χ0v) is 75.3. The molecule has 14 rings (SSSR count). The average Bonchev–Trinajstić information content (AvgIpc) is 1.56. The van der Waals surface area contributed by atoms with Crippen molar-refractivity contribution in [1.82, 2.24) is 28.3 Å². The molecule has 0 saturated carbocycles. The van der Waals surface area contributed by atoms with E-state index >= 15 is 19.2 Å². The molecule has 0 saturated heterocycles. The normalized spacial score (nSPS) is 15.8. The highest BCUT2D eigenvalue weighted by Crippen LogP contribution is 2.55. The summed E-state index contributed by atoms with van der Waals surface area (Å²) in [6.07, 6.45) is 28.7. The van der Waals surface area contributed by atoms with Crippen molar-refractivity contribution in [3.63, 3.8) is 0 Å². The fourth-order valence-corrected chi connectivity index (χ4v) is 26.2. The predicted octanol–water partition coefficient (Wildman–Crippen LogP) is 28.9. The van der Waals surface area contributed by atoms with Crippen molar-refractivity contribution in [1.29, 1.82) is 0 Å². The highest BCUT2D eigenvalue weighted by Gasteiger charge is 2.52. The minimum Gasteiger partial charge on any atom is -0.306 e. The van der Waals surface area contributed by atoms with Gasteiger partial charge in [-0.3, -0.25) is 19.2 Å². The van der Waals surface area contributed by atoms with Crippen LogP contribution in [-0.4, -0.2) is 78.2 Å². The van der Waals surface area contributed by atoms with Crippen molar-refractivity contribution in [2.45, 2.75) is 236 Å². The number of aryl methyl sites for hydroxylation is 2.